The van der Waals surface area contributed by atoms with Crippen LogP contribution in [0, 0.1) is 5.82 Å². The van der Waals surface area contributed by atoms with Crippen molar-refractivity contribution < 1.29 is 9.13 Å². The zero-order valence-corrected chi connectivity index (χ0v) is 12.4. The Hall–Kier alpha value is -1.55. The summed E-state index contributed by atoms with van der Waals surface area (Å²) in [6, 6.07) is 12.5. The third-order valence-electron chi connectivity index (χ3n) is 2.93. The van der Waals surface area contributed by atoms with Crippen molar-refractivity contribution in [1.29, 1.82) is 0 Å². The summed E-state index contributed by atoms with van der Waals surface area (Å²) in [7, 11) is 1.63. The molecule has 1 atom stereocenters. The van der Waals surface area contributed by atoms with Crippen molar-refractivity contribution in [3.8, 4) is 5.75 Å². The van der Waals surface area contributed by atoms with E-state index in [4.69, 9.17) is 4.74 Å². The molecule has 1 unspecified atom stereocenters. The van der Waals surface area contributed by atoms with E-state index in [0.717, 1.165) is 11.3 Å². The maximum Gasteiger partial charge on any atom is 0.147 e. The number of ether oxygens (including phenoxy) is 1. The summed E-state index contributed by atoms with van der Waals surface area (Å²) in [5.41, 5.74) is 1.45. The van der Waals surface area contributed by atoms with E-state index >= 15 is 0 Å². The van der Waals surface area contributed by atoms with Crippen LogP contribution in [0.25, 0.3) is 0 Å². The van der Waals surface area contributed by atoms with Crippen LogP contribution in [0.1, 0.15) is 18.5 Å². The lowest BCUT2D eigenvalue weighted by molar-refractivity contribution is 0.408. The molecule has 1 N–H and O–H groups in total. The van der Waals surface area contributed by atoms with Gasteiger partial charge >= 0.3 is 0 Å². The minimum Gasteiger partial charge on any atom is -0.496 e. The molecule has 19 heavy (non-hydrogen) atoms. The predicted molar refractivity (Wildman–Crippen MR) is 79.1 cm³/mol. The van der Waals surface area contributed by atoms with Crippen molar-refractivity contribution in [2.24, 2.45) is 0 Å². The second-order valence-electron chi connectivity index (χ2n) is 4.20. The van der Waals surface area contributed by atoms with Crippen molar-refractivity contribution in [2.75, 3.05) is 12.4 Å². The van der Waals surface area contributed by atoms with Crippen LogP contribution >= 0.6 is 15.9 Å². The predicted octanol–water partition coefficient (Wildman–Crippen LogP) is 4.77. The molecule has 0 spiro atoms. The quantitative estimate of drug-likeness (QED) is 0.875. The first-order valence-corrected chi connectivity index (χ1v) is 6.76. The molecule has 0 amide bonds. The number of anilines is 1. The van der Waals surface area contributed by atoms with E-state index < -0.39 is 0 Å². The van der Waals surface area contributed by atoms with Crippen molar-refractivity contribution in [3.63, 3.8) is 0 Å². The normalized spacial score (nSPS) is 12.0. The number of benzene rings is 2. The highest BCUT2D eigenvalue weighted by atomic mass is 79.9. The Kier molecular flexibility index (Phi) is 4.43. The van der Waals surface area contributed by atoms with Gasteiger partial charge in [0.15, 0.2) is 0 Å². The Labute approximate surface area is 120 Å². The molecule has 0 radical (unpaired) electrons. The van der Waals surface area contributed by atoms with Crippen LogP contribution < -0.4 is 10.1 Å². The third kappa shape index (κ3) is 3.07. The van der Waals surface area contributed by atoms with Crippen LogP contribution in [0.5, 0.6) is 5.75 Å². The van der Waals surface area contributed by atoms with Crippen LogP contribution in [0.4, 0.5) is 10.1 Å². The number of hydrogen-bond acceptors (Lipinski definition) is 2. The molecule has 2 nitrogen and oxygen atoms in total. The molecule has 0 heterocycles. The van der Waals surface area contributed by atoms with Gasteiger partial charge in [0, 0.05) is 10.0 Å². The summed E-state index contributed by atoms with van der Waals surface area (Å²) in [6.07, 6.45) is 0. The van der Waals surface area contributed by atoms with Gasteiger partial charge < -0.3 is 10.1 Å². The van der Waals surface area contributed by atoms with Crippen LogP contribution in [-0.2, 0) is 0 Å². The molecule has 0 aliphatic rings. The van der Waals surface area contributed by atoms with E-state index in [9.17, 15) is 4.39 Å². The number of hydrogen-bond donors (Lipinski definition) is 1. The highest BCUT2D eigenvalue weighted by molar-refractivity contribution is 9.10. The molecule has 0 bridgehead atoms. The lowest BCUT2D eigenvalue weighted by atomic mass is 10.1. The number of nitrogens with one attached hydrogen (secondary N) is 1. The fraction of sp³-hybridized carbons (Fsp3) is 0.200. The molecule has 100 valence electrons. The first-order chi connectivity index (χ1) is 9.13. The standard InChI is InChI=1S/C15H15BrFNO/c1-10(11-6-3-4-9-14(11)19-2)18-15-12(16)7-5-8-13(15)17/h3-10,18H,1-2H3. The third-order valence-corrected chi connectivity index (χ3v) is 3.59. The van der Waals surface area contributed by atoms with Gasteiger partial charge in [0.2, 0.25) is 0 Å². The van der Waals surface area contributed by atoms with Gasteiger partial charge in [-0.1, -0.05) is 24.3 Å². The molecular weight excluding hydrogens is 309 g/mol. The van der Waals surface area contributed by atoms with Crippen LogP contribution in [0.15, 0.2) is 46.9 Å². The number of para-hydroxylation sites is 2. The molecule has 0 aromatic heterocycles. The summed E-state index contributed by atoms with van der Waals surface area (Å²) in [5, 5.41) is 3.17. The lowest BCUT2D eigenvalue weighted by Crippen LogP contribution is -2.09. The van der Waals surface area contributed by atoms with Gasteiger partial charge in [0.05, 0.1) is 18.8 Å². The van der Waals surface area contributed by atoms with Gasteiger partial charge in [0.25, 0.3) is 0 Å². The summed E-state index contributed by atoms with van der Waals surface area (Å²) >= 11 is 3.35. The van der Waals surface area contributed by atoms with Crippen LogP contribution in [-0.4, -0.2) is 7.11 Å². The second kappa shape index (κ2) is 6.06. The van der Waals surface area contributed by atoms with E-state index in [-0.39, 0.29) is 11.9 Å². The molecule has 2 aromatic carbocycles. The Bertz CT molecular complexity index is 554. The summed E-state index contributed by atoms with van der Waals surface area (Å²) in [4.78, 5) is 0. The van der Waals surface area contributed by atoms with Gasteiger partial charge in [0.1, 0.15) is 11.6 Å². The second-order valence-corrected chi connectivity index (χ2v) is 5.06. The molecule has 2 rings (SSSR count). The number of methoxy groups -OCH3 is 1. The summed E-state index contributed by atoms with van der Waals surface area (Å²) in [5.74, 6) is 0.506. The van der Waals surface area contributed by atoms with Crippen molar-refractivity contribution in [1.82, 2.24) is 0 Å². The average Bonchev–Trinajstić information content (AvgIpc) is 2.42. The van der Waals surface area contributed by atoms with E-state index in [0.29, 0.717) is 10.2 Å². The molecule has 0 fully saturated rings. The zero-order chi connectivity index (χ0) is 13.8. The molecular formula is C15H15BrFNO. The van der Waals surface area contributed by atoms with E-state index in [2.05, 4.69) is 21.2 Å². The van der Waals surface area contributed by atoms with Crippen LogP contribution in [0.2, 0.25) is 0 Å². The van der Waals surface area contributed by atoms with Crippen LogP contribution in [0.3, 0.4) is 0 Å². The number of halogens is 2. The Morgan fingerprint density at radius 3 is 2.58 bits per heavy atom. The van der Waals surface area contributed by atoms with Crippen molar-refractivity contribution in [2.45, 2.75) is 13.0 Å². The first kappa shape index (κ1) is 13.9. The Morgan fingerprint density at radius 2 is 1.89 bits per heavy atom. The molecule has 4 heteroatoms. The largest absolute Gasteiger partial charge is 0.496 e. The summed E-state index contributed by atoms with van der Waals surface area (Å²) in [6.45, 7) is 1.97. The van der Waals surface area contributed by atoms with Gasteiger partial charge in [-0.05, 0) is 41.1 Å². The minimum atomic E-state index is -0.281. The fourth-order valence-corrected chi connectivity index (χ4v) is 2.41. The highest BCUT2D eigenvalue weighted by Gasteiger charge is 2.14. The monoisotopic (exact) mass is 323 g/mol. The van der Waals surface area contributed by atoms with E-state index in [1.807, 2.05) is 31.2 Å². The molecule has 2 aromatic rings. The Balaban J connectivity index is 2.28. The maximum absolute atomic E-state index is 13.8. The molecule has 0 aliphatic carbocycles. The van der Waals surface area contributed by atoms with E-state index in [1.165, 1.54) is 6.07 Å². The smallest absolute Gasteiger partial charge is 0.147 e. The van der Waals surface area contributed by atoms with Gasteiger partial charge in [-0.3, -0.25) is 0 Å². The minimum absolute atomic E-state index is 0.0654. The molecule has 0 saturated carbocycles. The molecule has 0 saturated heterocycles. The molecule has 0 aliphatic heterocycles. The van der Waals surface area contributed by atoms with Gasteiger partial charge in [-0.15, -0.1) is 0 Å². The fourth-order valence-electron chi connectivity index (χ4n) is 1.95. The van der Waals surface area contributed by atoms with Crippen molar-refractivity contribution in [3.05, 3.63) is 58.3 Å². The number of rotatable bonds is 4. The van der Waals surface area contributed by atoms with E-state index in [1.54, 1.807) is 19.2 Å². The van der Waals surface area contributed by atoms with Gasteiger partial charge in [-0.25, -0.2) is 4.39 Å². The Morgan fingerprint density at radius 1 is 1.16 bits per heavy atom. The average molecular weight is 324 g/mol. The lowest BCUT2D eigenvalue weighted by Gasteiger charge is -2.19. The SMILES string of the molecule is COc1ccccc1C(C)Nc1c(F)cccc1Br. The van der Waals surface area contributed by atoms with Gasteiger partial charge in [-0.2, -0.15) is 0 Å². The summed E-state index contributed by atoms with van der Waals surface area (Å²) < 4.78 is 19.8. The first-order valence-electron chi connectivity index (χ1n) is 5.97. The zero-order valence-electron chi connectivity index (χ0n) is 10.8. The highest BCUT2D eigenvalue weighted by Crippen LogP contribution is 2.32. The maximum atomic E-state index is 13.8. The topological polar surface area (TPSA) is 21.3 Å². The van der Waals surface area contributed by atoms with Crippen molar-refractivity contribution >= 4 is 21.6 Å².